The molecule has 1 aromatic rings. The number of nitriles is 1. The zero-order valence-electron chi connectivity index (χ0n) is 9.62. The Morgan fingerprint density at radius 3 is 2.94 bits per heavy atom. The summed E-state index contributed by atoms with van der Waals surface area (Å²) in [5, 5.41) is 12.8. The van der Waals surface area contributed by atoms with Crippen molar-refractivity contribution in [1.29, 1.82) is 5.26 Å². The monoisotopic (exact) mass is 249 g/mol. The number of nitrogens with one attached hydrogen (secondary N) is 1. The lowest BCUT2D eigenvalue weighted by Crippen LogP contribution is -2.29. The van der Waals surface area contributed by atoms with Gasteiger partial charge in [0, 0.05) is 11.7 Å². The van der Waals surface area contributed by atoms with E-state index in [4.69, 9.17) is 22.6 Å². The lowest BCUT2D eigenvalue weighted by Gasteiger charge is -2.20. The predicted octanol–water partition coefficient (Wildman–Crippen LogP) is 2.75. The highest BCUT2D eigenvalue weighted by Crippen LogP contribution is 2.29. The van der Waals surface area contributed by atoms with Crippen molar-refractivity contribution in [3.8, 4) is 6.07 Å². The standard InChI is InChI=1S/C13H16ClN3/c14-12-6-11(5-4-9(12)7-15)17-13-3-1-2-10(13)8-16/h4-6,10,13,17H,1-3,8,16H2. The number of hydrogen-bond acceptors (Lipinski definition) is 3. The maximum atomic E-state index is 8.80. The van der Waals surface area contributed by atoms with Crippen molar-refractivity contribution in [1.82, 2.24) is 0 Å². The summed E-state index contributed by atoms with van der Waals surface area (Å²) in [6.07, 6.45) is 3.57. The Morgan fingerprint density at radius 1 is 1.47 bits per heavy atom. The van der Waals surface area contributed by atoms with Gasteiger partial charge in [-0.25, -0.2) is 0 Å². The van der Waals surface area contributed by atoms with E-state index >= 15 is 0 Å². The van der Waals surface area contributed by atoms with Crippen molar-refractivity contribution >= 4 is 17.3 Å². The van der Waals surface area contributed by atoms with Gasteiger partial charge in [-0.15, -0.1) is 0 Å². The molecule has 0 aromatic heterocycles. The first-order valence-corrected chi connectivity index (χ1v) is 6.28. The van der Waals surface area contributed by atoms with Gasteiger partial charge in [0.25, 0.3) is 0 Å². The van der Waals surface area contributed by atoms with Gasteiger partial charge in [0.2, 0.25) is 0 Å². The van der Waals surface area contributed by atoms with Crippen molar-refractivity contribution in [3.05, 3.63) is 28.8 Å². The summed E-state index contributed by atoms with van der Waals surface area (Å²) in [6.45, 7) is 0.724. The van der Waals surface area contributed by atoms with Crippen LogP contribution in [-0.4, -0.2) is 12.6 Å². The molecule has 2 atom stereocenters. The zero-order valence-corrected chi connectivity index (χ0v) is 10.4. The van der Waals surface area contributed by atoms with Gasteiger partial charge in [0.15, 0.2) is 0 Å². The Morgan fingerprint density at radius 2 is 2.29 bits per heavy atom. The largest absolute Gasteiger partial charge is 0.382 e. The number of hydrogen-bond donors (Lipinski definition) is 2. The molecular formula is C13H16ClN3. The quantitative estimate of drug-likeness (QED) is 0.866. The van der Waals surface area contributed by atoms with Crippen LogP contribution in [0.3, 0.4) is 0 Å². The summed E-state index contributed by atoms with van der Waals surface area (Å²) < 4.78 is 0. The minimum atomic E-state index is 0.434. The van der Waals surface area contributed by atoms with Gasteiger partial charge < -0.3 is 11.1 Å². The first-order valence-electron chi connectivity index (χ1n) is 5.91. The minimum Gasteiger partial charge on any atom is -0.382 e. The van der Waals surface area contributed by atoms with E-state index in [1.807, 2.05) is 12.1 Å². The Balaban J connectivity index is 2.09. The molecule has 90 valence electrons. The molecule has 2 unspecified atom stereocenters. The molecule has 0 amide bonds. The molecule has 1 aliphatic rings. The van der Waals surface area contributed by atoms with E-state index in [-0.39, 0.29) is 0 Å². The first kappa shape index (κ1) is 12.2. The van der Waals surface area contributed by atoms with Gasteiger partial charge in [0.1, 0.15) is 6.07 Å². The van der Waals surface area contributed by atoms with Crippen LogP contribution in [0, 0.1) is 17.2 Å². The van der Waals surface area contributed by atoms with E-state index in [2.05, 4.69) is 11.4 Å². The molecule has 17 heavy (non-hydrogen) atoms. The highest BCUT2D eigenvalue weighted by atomic mass is 35.5. The van der Waals surface area contributed by atoms with Crippen LogP contribution in [0.15, 0.2) is 18.2 Å². The van der Waals surface area contributed by atoms with Crippen LogP contribution in [0.25, 0.3) is 0 Å². The van der Waals surface area contributed by atoms with E-state index in [1.54, 1.807) is 6.07 Å². The number of halogens is 1. The number of nitrogens with zero attached hydrogens (tertiary/aromatic N) is 1. The second kappa shape index (κ2) is 5.39. The molecule has 0 radical (unpaired) electrons. The molecule has 0 spiro atoms. The highest BCUT2D eigenvalue weighted by molar-refractivity contribution is 6.32. The fraction of sp³-hybridized carbons (Fsp3) is 0.462. The van der Waals surface area contributed by atoms with Crippen molar-refractivity contribution in [3.63, 3.8) is 0 Å². The van der Waals surface area contributed by atoms with Crippen LogP contribution < -0.4 is 11.1 Å². The second-order valence-electron chi connectivity index (χ2n) is 4.48. The Hall–Kier alpha value is -1.24. The van der Waals surface area contributed by atoms with Crippen LogP contribution in [0.4, 0.5) is 5.69 Å². The normalized spacial score (nSPS) is 23.4. The van der Waals surface area contributed by atoms with Gasteiger partial charge in [0.05, 0.1) is 10.6 Å². The number of nitrogens with two attached hydrogens (primary N) is 1. The molecule has 0 heterocycles. The third-order valence-corrected chi connectivity index (χ3v) is 3.72. The molecule has 4 heteroatoms. The van der Waals surface area contributed by atoms with Crippen LogP contribution in [0.5, 0.6) is 0 Å². The van der Waals surface area contributed by atoms with E-state index in [0.717, 1.165) is 18.7 Å². The number of benzene rings is 1. The van der Waals surface area contributed by atoms with E-state index in [0.29, 0.717) is 22.5 Å². The summed E-state index contributed by atoms with van der Waals surface area (Å²) in [4.78, 5) is 0. The molecule has 0 bridgehead atoms. The van der Waals surface area contributed by atoms with Gasteiger partial charge in [-0.2, -0.15) is 5.26 Å². The molecule has 3 N–H and O–H groups in total. The average molecular weight is 250 g/mol. The molecule has 1 aromatic carbocycles. The van der Waals surface area contributed by atoms with Crippen LogP contribution in [0.1, 0.15) is 24.8 Å². The molecule has 3 nitrogen and oxygen atoms in total. The van der Waals surface area contributed by atoms with Gasteiger partial charge in [-0.05, 0) is 43.5 Å². The van der Waals surface area contributed by atoms with Crippen molar-refractivity contribution in [2.75, 3.05) is 11.9 Å². The molecule has 1 saturated carbocycles. The van der Waals surface area contributed by atoms with E-state index < -0.39 is 0 Å². The zero-order chi connectivity index (χ0) is 12.3. The highest BCUT2D eigenvalue weighted by Gasteiger charge is 2.25. The fourth-order valence-electron chi connectivity index (χ4n) is 2.42. The molecule has 0 aliphatic heterocycles. The number of anilines is 1. The summed E-state index contributed by atoms with van der Waals surface area (Å²) >= 11 is 6.00. The minimum absolute atomic E-state index is 0.434. The van der Waals surface area contributed by atoms with E-state index in [9.17, 15) is 0 Å². The fourth-order valence-corrected chi connectivity index (χ4v) is 2.64. The van der Waals surface area contributed by atoms with Crippen LogP contribution in [0.2, 0.25) is 5.02 Å². The van der Waals surface area contributed by atoms with E-state index in [1.165, 1.54) is 12.8 Å². The molecule has 0 saturated heterocycles. The summed E-state index contributed by atoms with van der Waals surface area (Å²) in [6, 6.07) is 7.95. The molecule has 1 fully saturated rings. The Labute approximate surface area is 107 Å². The Bertz CT molecular complexity index is 439. The lowest BCUT2D eigenvalue weighted by molar-refractivity contribution is 0.516. The lowest BCUT2D eigenvalue weighted by atomic mass is 10.0. The summed E-state index contributed by atoms with van der Waals surface area (Å²) in [5.41, 5.74) is 7.23. The van der Waals surface area contributed by atoms with Crippen LogP contribution >= 0.6 is 11.6 Å². The first-order chi connectivity index (χ1) is 8.24. The smallest absolute Gasteiger partial charge is 0.101 e. The SMILES string of the molecule is N#Cc1ccc(NC2CCCC2CN)cc1Cl. The third-order valence-electron chi connectivity index (χ3n) is 3.40. The second-order valence-corrected chi connectivity index (χ2v) is 4.89. The van der Waals surface area contributed by atoms with Gasteiger partial charge in [-0.3, -0.25) is 0 Å². The third kappa shape index (κ3) is 2.71. The van der Waals surface area contributed by atoms with Crippen molar-refractivity contribution in [2.24, 2.45) is 11.7 Å². The topological polar surface area (TPSA) is 61.8 Å². The van der Waals surface area contributed by atoms with Crippen molar-refractivity contribution in [2.45, 2.75) is 25.3 Å². The van der Waals surface area contributed by atoms with Gasteiger partial charge >= 0.3 is 0 Å². The van der Waals surface area contributed by atoms with Crippen molar-refractivity contribution < 1.29 is 0 Å². The predicted molar refractivity (Wildman–Crippen MR) is 70.0 cm³/mol. The average Bonchev–Trinajstić information content (AvgIpc) is 2.76. The summed E-state index contributed by atoms with van der Waals surface area (Å²) in [7, 11) is 0. The van der Waals surface area contributed by atoms with Crippen LogP contribution in [-0.2, 0) is 0 Å². The summed E-state index contributed by atoms with van der Waals surface area (Å²) in [5.74, 6) is 0.546. The molecule has 1 aliphatic carbocycles. The molecule has 2 rings (SSSR count). The van der Waals surface area contributed by atoms with Gasteiger partial charge in [-0.1, -0.05) is 18.0 Å². The Kier molecular flexibility index (Phi) is 3.88. The molecular weight excluding hydrogens is 234 g/mol. The number of rotatable bonds is 3. The maximum Gasteiger partial charge on any atom is 0.101 e. The maximum absolute atomic E-state index is 8.80.